The number of benzene rings is 2. The van der Waals surface area contributed by atoms with Gasteiger partial charge in [-0.1, -0.05) is 50.3 Å². The minimum Gasteiger partial charge on any atom is -0.507 e. The van der Waals surface area contributed by atoms with Crippen molar-refractivity contribution in [1.29, 1.82) is 0 Å². The molecule has 0 heterocycles. The normalized spacial score (nSPS) is 17.2. The highest BCUT2D eigenvalue weighted by molar-refractivity contribution is 6.02. The standard InChI is InChI=1S/C25H30N2O/c1-4-20-15-18(10-12-23(20)26)14-19-11-13-24(21(5-2)16-19)27-17(3)22-8-6-7-9-25(22)28/h6-9,11-13,15-16,18,28H,4-5,10,14,26H2,1-3H3. The molecular formula is C25H30N2O. The highest BCUT2D eigenvalue weighted by atomic mass is 16.3. The zero-order valence-electron chi connectivity index (χ0n) is 17.1. The van der Waals surface area contributed by atoms with E-state index in [9.17, 15) is 5.11 Å². The fourth-order valence-electron chi connectivity index (χ4n) is 3.80. The van der Waals surface area contributed by atoms with E-state index in [1.807, 2.05) is 25.1 Å². The first kappa shape index (κ1) is 19.9. The van der Waals surface area contributed by atoms with Gasteiger partial charge < -0.3 is 10.8 Å². The molecule has 0 saturated carbocycles. The van der Waals surface area contributed by atoms with Crippen molar-refractivity contribution in [1.82, 2.24) is 0 Å². The summed E-state index contributed by atoms with van der Waals surface area (Å²) in [5.74, 6) is 0.769. The first-order chi connectivity index (χ1) is 13.5. The van der Waals surface area contributed by atoms with Crippen molar-refractivity contribution in [2.45, 2.75) is 46.5 Å². The van der Waals surface area contributed by atoms with E-state index in [0.29, 0.717) is 5.92 Å². The molecular weight excluding hydrogens is 344 g/mol. The summed E-state index contributed by atoms with van der Waals surface area (Å²) in [4.78, 5) is 4.80. The summed E-state index contributed by atoms with van der Waals surface area (Å²) in [6.07, 6.45) is 8.44. The second-order valence-corrected chi connectivity index (χ2v) is 7.44. The van der Waals surface area contributed by atoms with E-state index in [1.165, 1.54) is 16.7 Å². The maximum Gasteiger partial charge on any atom is 0.124 e. The van der Waals surface area contributed by atoms with E-state index >= 15 is 0 Å². The number of hydrogen-bond donors (Lipinski definition) is 2. The summed E-state index contributed by atoms with van der Waals surface area (Å²) < 4.78 is 0. The molecule has 0 radical (unpaired) electrons. The van der Waals surface area contributed by atoms with Gasteiger partial charge in [0, 0.05) is 17.0 Å². The van der Waals surface area contributed by atoms with Crippen LogP contribution in [0.1, 0.15) is 50.3 Å². The summed E-state index contributed by atoms with van der Waals surface area (Å²) in [6.45, 7) is 6.26. The van der Waals surface area contributed by atoms with E-state index in [4.69, 9.17) is 10.7 Å². The number of aromatic hydroxyl groups is 1. The molecule has 3 nitrogen and oxygen atoms in total. The second kappa shape index (κ2) is 8.92. The molecule has 2 aromatic carbocycles. The molecule has 1 aliphatic carbocycles. The molecule has 0 amide bonds. The Balaban J connectivity index is 1.82. The SMILES string of the molecule is CCC1=CC(Cc2ccc(N=C(C)c3ccccc3O)c(CC)c2)CC=C1N. The van der Waals surface area contributed by atoms with Crippen molar-refractivity contribution in [2.24, 2.45) is 16.6 Å². The highest BCUT2D eigenvalue weighted by Gasteiger charge is 2.14. The number of aliphatic imine (C=N–C) groups is 1. The average Bonchev–Trinajstić information content (AvgIpc) is 2.70. The van der Waals surface area contributed by atoms with E-state index in [-0.39, 0.29) is 5.75 Å². The summed E-state index contributed by atoms with van der Waals surface area (Å²) >= 11 is 0. The molecule has 28 heavy (non-hydrogen) atoms. The number of hydrogen-bond acceptors (Lipinski definition) is 3. The quantitative estimate of drug-likeness (QED) is 0.624. The third-order valence-electron chi connectivity index (χ3n) is 5.43. The van der Waals surface area contributed by atoms with Crippen LogP contribution in [-0.4, -0.2) is 10.8 Å². The van der Waals surface area contributed by atoms with Crippen LogP contribution < -0.4 is 5.73 Å². The number of nitrogens with two attached hydrogens (primary N) is 1. The predicted molar refractivity (Wildman–Crippen MR) is 118 cm³/mol. The van der Waals surface area contributed by atoms with Crippen LogP contribution in [0.15, 0.2) is 70.9 Å². The van der Waals surface area contributed by atoms with Gasteiger partial charge >= 0.3 is 0 Å². The summed E-state index contributed by atoms with van der Waals surface area (Å²) in [5, 5.41) is 10.1. The van der Waals surface area contributed by atoms with Crippen LogP contribution in [0.2, 0.25) is 0 Å². The topological polar surface area (TPSA) is 58.6 Å². The van der Waals surface area contributed by atoms with Crippen LogP contribution in [0.3, 0.4) is 0 Å². The highest BCUT2D eigenvalue weighted by Crippen LogP contribution is 2.29. The van der Waals surface area contributed by atoms with Crippen molar-refractivity contribution in [2.75, 3.05) is 0 Å². The number of allylic oxidation sites excluding steroid dienone is 3. The fourth-order valence-corrected chi connectivity index (χ4v) is 3.80. The van der Waals surface area contributed by atoms with Crippen LogP contribution in [0.25, 0.3) is 0 Å². The van der Waals surface area contributed by atoms with Gasteiger partial charge in [0.1, 0.15) is 5.75 Å². The first-order valence-corrected chi connectivity index (χ1v) is 10.1. The average molecular weight is 375 g/mol. The van der Waals surface area contributed by atoms with Crippen LogP contribution in [-0.2, 0) is 12.8 Å². The van der Waals surface area contributed by atoms with Gasteiger partial charge in [-0.2, -0.15) is 0 Å². The van der Waals surface area contributed by atoms with Gasteiger partial charge in [0.2, 0.25) is 0 Å². The van der Waals surface area contributed by atoms with Gasteiger partial charge in [-0.15, -0.1) is 0 Å². The molecule has 0 bridgehead atoms. The van der Waals surface area contributed by atoms with Crippen molar-refractivity contribution in [3.8, 4) is 5.75 Å². The lowest BCUT2D eigenvalue weighted by Crippen LogP contribution is -2.11. The maximum absolute atomic E-state index is 10.1. The lowest BCUT2D eigenvalue weighted by Gasteiger charge is -2.20. The molecule has 3 N–H and O–H groups in total. The largest absolute Gasteiger partial charge is 0.507 e. The van der Waals surface area contributed by atoms with E-state index in [1.54, 1.807) is 6.07 Å². The Morgan fingerprint density at radius 3 is 2.64 bits per heavy atom. The molecule has 1 unspecified atom stereocenters. The van der Waals surface area contributed by atoms with E-state index in [0.717, 1.165) is 48.3 Å². The van der Waals surface area contributed by atoms with Crippen molar-refractivity contribution in [3.05, 3.63) is 82.6 Å². The van der Waals surface area contributed by atoms with Crippen molar-refractivity contribution < 1.29 is 5.11 Å². The smallest absolute Gasteiger partial charge is 0.124 e. The minimum atomic E-state index is 0.265. The molecule has 0 aromatic heterocycles. The van der Waals surface area contributed by atoms with Crippen LogP contribution in [0.4, 0.5) is 5.69 Å². The molecule has 0 aliphatic heterocycles. The lowest BCUT2D eigenvalue weighted by molar-refractivity contribution is 0.474. The van der Waals surface area contributed by atoms with Gasteiger partial charge in [0.05, 0.1) is 5.69 Å². The Kier molecular flexibility index (Phi) is 6.35. The predicted octanol–water partition coefficient (Wildman–Crippen LogP) is 5.84. The fraction of sp³-hybridized carbons (Fsp3) is 0.320. The number of rotatable bonds is 6. The van der Waals surface area contributed by atoms with Crippen LogP contribution in [0, 0.1) is 5.92 Å². The Morgan fingerprint density at radius 1 is 1.14 bits per heavy atom. The minimum absolute atomic E-state index is 0.265. The third-order valence-corrected chi connectivity index (χ3v) is 5.43. The summed E-state index contributed by atoms with van der Waals surface area (Å²) in [5.41, 5.74) is 13.4. The maximum atomic E-state index is 10.1. The molecule has 0 fully saturated rings. The lowest BCUT2D eigenvalue weighted by atomic mass is 9.87. The molecule has 146 valence electrons. The zero-order valence-corrected chi connectivity index (χ0v) is 17.1. The number of phenols is 1. The van der Waals surface area contributed by atoms with Gasteiger partial charge in [-0.3, -0.25) is 4.99 Å². The van der Waals surface area contributed by atoms with Crippen LogP contribution >= 0.6 is 0 Å². The number of aryl methyl sites for hydroxylation is 1. The summed E-state index contributed by atoms with van der Waals surface area (Å²) in [6, 6.07) is 13.9. The van der Waals surface area contributed by atoms with E-state index in [2.05, 4.69) is 44.2 Å². The molecule has 1 aliphatic rings. The van der Waals surface area contributed by atoms with Gasteiger partial charge in [-0.05, 0) is 73.4 Å². The van der Waals surface area contributed by atoms with Gasteiger partial charge in [0.25, 0.3) is 0 Å². The van der Waals surface area contributed by atoms with Gasteiger partial charge in [0.15, 0.2) is 0 Å². The Morgan fingerprint density at radius 2 is 1.93 bits per heavy atom. The number of para-hydroxylation sites is 1. The monoisotopic (exact) mass is 374 g/mol. The summed E-state index contributed by atoms with van der Waals surface area (Å²) in [7, 11) is 0. The Hall–Kier alpha value is -2.81. The second-order valence-electron chi connectivity index (χ2n) is 7.44. The molecule has 0 spiro atoms. The van der Waals surface area contributed by atoms with Gasteiger partial charge in [-0.25, -0.2) is 0 Å². The first-order valence-electron chi connectivity index (χ1n) is 10.1. The molecule has 0 saturated heterocycles. The molecule has 2 aromatic rings. The van der Waals surface area contributed by atoms with Crippen LogP contribution in [0.5, 0.6) is 5.75 Å². The molecule has 1 atom stereocenters. The number of phenolic OH excluding ortho intramolecular Hbond substituents is 1. The van der Waals surface area contributed by atoms with Crippen molar-refractivity contribution >= 4 is 11.4 Å². The number of nitrogens with zero attached hydrogens (tertiary/aromatic N) is 1. The Bertz CT molecular complexity index is 937. The zero-order chi connectivity index (χ0) is 20.1. The third kappa shape index (κ3) is 4.53. The molecule has 3 heteroatoms. The van der Waals surface area contributed by atoms with E-state index < -0.39 is 0 Å². The Labute approximate surface area is 168 Å². The molecule has 3 rings (SSSR count). The van der Waals surface area contributed by atoms with Crippen molar-refractivity contribution in [3.63, 3.8) is 0 Å².